The van der Waals surface area contributed by atoms with Gasteiger partial charge in [0, 0.05) is 18.7 Å². The molecule has 0 saturated carbocycles. The molecule has 17 heavy (non-hydrogen) atoms. The number of hydrogen-bond acceptors (Lipinski definition) is 2. The summed E-state index contributed by atoms with van der Waals surface area (Å²) in [5.74, 6) is 0.836. The van der Waals surface area contributed by atoms with Crippen LogP contribution in [0.1, 0.15) is 31.7 Å². The smallest absolute Gasteiger partial charge is 0.135 e. The maximum absolute atomic E-state index is 6.10. The lowest BCUT2D eigenvalue weighted by Crippen LogP contribution is -2.34. The average Bonchev–Trinajstić information content (AvgIpc) is 2.33. The van der Waals surface area contributed by atoms with Gasteiger partial charge in [-0.2, -0.15) is 0 Å². The Morgan fingerprint density at radius 1 is 1.41 bits per heavy atom. The number of hydrogen-bond donors (Lipinski definition) is 0. The normalized spacial score (nSPS) is 21.7. The Kier molecular flexibility index (Phi) is 4.66. The van der Waals surface area contributed by atoms with Crippen molar-refractivity contribution in [2.24, 2.45) is 5.92 Å². The highest BCUT2D eigenvalue weighted by Gasteiger charge is 2.19. The average molecular weight is 273 g/mol. The van der Waals surface area contributed by atoms with Crippen molar-refractivity contribution < 1.29 is 0 Å². The van der Waals surface area contributed by atoms with Crippen molar-refractivity contribution in [2.75, 3.05) is 13.1 Å². The van der Waals surface area contributed by atoms with Crippen LogP contribution in [0.15, 0.2) is 12.1 Å². The highest BCUT2D eigenvalue weighted by molar-refractivity contribution is 6.32. The van der Waals surface area contributed by atoms with Gasteiger partial charge in [-0.25, -0.2) is 4.98 Å². The fraction of sp³-hybridized carbons (Fsp3) is 0.615. The van der Waals surface area contributed by atoms with Crippen LogP contribution in [0.2, 0.25) is 10.3 Å². The Morgan fingerprint density at radius 2 is 2.24 bits per heavy atom. The van der Waals surface area contributed by atoms with E-state index in [0.29, 0.717) is 10.3 Å². The minimum absolute atomic E-state index is 0.462. The minimum atomic E-state index is 0.462. The van der Waals surface area contributed by atoms with Gasteiger partial charge in [0.2, 0.25) is 0 Å². The molecule has 0 radical (unpaired) electrons. The molecule has 2 rings (SSSR count). The Labute approximate surface area is 113 Å². The standard InChI is InChI=1S/C13H18Cl2N2/c1-2-10-4-3-7-17(8-10)9-11-5-6-12(14)16-13(11)15/h5-6,10H,2-4,7-9H2,1H3. The third-order valence-corrected chi connectivity index (χ3v) is 4.00. The van der Waals surface area contributed by atoms with Gasteiger partial charge in [-0.15, -0.1) is 0 Å². The van der Waals surface area contributed by atoms with Gasteiger partial charge in [0.05, 0.1) is 0 Å². The molecule has 0 N–H and O–H groups in total. The Morgan fingerprint density at radius 3 is 2.94 bits per heavy atom. The lowest BCUT2D eigenvalue weighted by atomic mass is 9.95. The van der Waals surface area contributed by atoms with Gasteiger partial charge in [0.15, 0.2) is 0 Å². The molecule has 1 unspecified atom stereocenters. The molecule has 1 aliphatic rings. The fourth-order valence-electron chi connectivity index (χ4n) is 2.43. The molecule has 1 aliphatic heterocycles. The number of aromatic nitrogens is 1. The van der Waals surface area contributed by atoms with E-state index in [2.05, 4.69) is 16.8 Å². The summed E-state index contributed by atoms with van der Waals surface area (Å²) in [6.07, 6.45) is 3.92. The van der Waals surface area contributed by atoms with Gasteiger partial charge >= 0.3 is 0 Å². The summed E-state index contributed by atoms with van der Waals surface area (Å²) in [6, 6.07) is 3.79. The van der Waals surface area contributed by atoms with Crippen LogP contribution in [0, 0.1) is 5.92 Å². The molecule has 2 heterocycles. The molecule has 4 heteroatoms. The molecule has 1 atom stereocenters. The quantitative estimate of drug-likeness (QED) is 0.773. The minimum Gasteiger partial charge on any atom is -0.299 e. The van der Waals surface area contributed by atoms with E-state index in [0.717, 1.165) is 24.6 Å². The van der Waals surface area contributed by atoms with Crippen molar-refractivity contribution in [3.63, 3.8) is 0 Å². The molecule has 1 aromatic rings. The Balaban J connectivity index is 2.00. The van der Waals surface area contributed by atoms with Crippen LogP contribution in [0.3, 0.4) is 0 Å². The van der Waals surface area contributed by atoms with E-state index in [4.69, 9.17) is 23.2 Å². The van der Waals surface area contributed by atoms with Crippen molar-refractivity contribution >= 4 is 23.2 Å². The van der Waals surface area contributed by atoms with Crippen LogP contribution in [-0.2, 0) is 6.54 Å². The van der Waals surface area contributed by atoms with Crippen LogP contribution >= 0.6 is 23.2 Å². The Bertz CT molecular complexity index is 382. The second kappa shape index (κ2) is 6.03. The Hall–Kier alpha value is -0.310. The van der Waals surface area contributed by atoms with Crippen molar-refractivity contribution in [2.45, 2.75) is 32.7 Å². The predicted molar refractivity (Wildman–Crippen MR) is 72.5 cm³/mol. The number of rotatable bonds is 3. The molecule has 0 amide bonds. The van der Waals surface area contributed by atoms with Gasteiger partial charge in [0.1, 0.15) is 10.3 Å². The zero-order valence-electron chi connectivity index (χ0n) is 10.1. The predicted octanol–water partition coefficient (Wildman–Crippen LogP) is 4.01. The third kappa shape index (κ3) is 3.57. The second-order valence-electron chi connectivity index (χ2n) is 4.74. The molecule has 94 valence electrons. The van der Waals surface area contributed by atoms with Crippen molar-refractivity contribution in [3.05, 3.63) is 28.0 Å². The summed E-state index contributed by atoms with van der Waals surface area (Å²) < 4.78 is 0. The monoisotopic (exact) mass is 272 g/mol. The van der Waals surface area contributed by atoms with Gasteiger partial charge < -0.3 is 0 Å². The summed E-state index contributed by atoms with van der Waals surface area (Å²) >= 11 is 11.9. The number of halogens is 2. The maximum Gasteiger partial charge on any atom is 0.135 e. The summed E-state index contributed by atoms with van der Waals surface area (Å²) in [5, 5.41) is 1.000. The van der Waals surface area contributed by atoms with Crippen molar-refractivity contribution in [1.82, 2.24) is 9.88 Å². The molecule has 1 fully saturated rings. The molecule has 1 saturated heterocycles. The van der Waals surface area contributed by atoms with E-state index in [9.17, 15) is 0 Å². The molecular weight excluding hydrogens is 255 g/mol. The third-order valence-electron chi connectivity index (χ3n) is 3.47. The van der Waals surface area contributed by atoms with Crippen LogP contribution in [0.4, 0.5) is 0 Å². The number of likely N-dealkylation sites (tertiary alicyclic amines) is 1. The molecule has 0 spiro atoms. The van der Waals surface area contributed by atoms with Crippen molar-refractivity contribution in [1.29, 1.82) is 0 Å². The molecular formula is C13H18Cl2N2. The second-order valence-corrected chi connectivity index (χ2v) is 5.48. The SMILES string of the molecule is CCC1CCCN(Cc2ccc(Cl)nc2Cl)C1. The summed E-state index contributed by atoms with van der Waals surface area (Å²) in [7, 11) is 0. The molecule has 0 aliphatic carbocycles. The van der Waals surface area contributed by atoms with Crippen LogP contribution < -0.4 is 0 Å². The number of pyridine rings is 1. The van der Waals surface area contributed by atoms with Crippen molar-refractivity contribution in [3.8, 4) is 0 Å². The summed E-state index contributed by atoms with van der Waals surface area (Å²) in [5.41, 5.74) is 1.08. The highest BCUT2D eigenvalue weighted by Crippen LogP contribution is 2.23. The zero-order valence-corrected chi connectivity index (χ0v) is 11.6. The lowest BCUT2D eigenvalue weighted by molar-refractivity contribution is 0.164. The first-order valence-corrected chi connectivity index (χ1v) is 6.98. The van der Waals surface area contributed by atoms with E-state index in [1.807, 2.05) is 12.1 Å². The van der Waals surface area contributed by atoms with E-state index in [-0.39, 0.29) is 0 Å². The summed E-state index contributed by atoms with van der Waals surface area (Å²) in [6.45, 7) is 5.50. The van der Waals surface area contributed by atoms with E-state index < -0.39 is 0 Å². The van der Waals surface area contributed by atoms with E-state index in [1.165, 1.54) is 25.8 Å². The summed E-state index contributed by atoms with van der Waals surface area (Å²) in [4.78, 5) is 6.55. The van der Waals surface area contributed by atoms with Gasteiger partial charge in [-0.05, 0) is 31.4 Å². The highest BCUT2D eigenvalue weighted by atomic mass is 35.5. The lowest BCUT2D eigenvalue weighted by Gasteiger charge is -2.32. The first-order valence-electron chi connectivity index (χ1n) is 6.22. The van der Waals surface area contributed by atoms with Gasteiger partial charge in [0.25, 0.3) is 0 Å². The van der Waals surface area contributed by atoms with E-state index in [1.54, 1.807) is 0 Å². The number of piperidine rings is 1. The first-order chi connectivity index (χ1) is 8.19. The van der Waals surface area contributed by atoms with Gasteiger partial charge in [-0.1, -0.05) is 42.6 Å². The zero-order chi connectivity index (χ0) is 12.3. The molecule has 0 aromatic carbocycles. The van der Waals surface area contributed by atoms with E-state index >= 15 is 0 Å². The topological polar surface area (TPSA) is 16.1 Å². The van der Waals surface area contributed by atoms with Crippen LogP contribution in [-0.4, -0.2) is 23.0 Å². The van der Waals surface area contributed by atoms with Crippen LogP contribution in [0.5, 0.6) is 0 Å². The maximum atomic E-state index is 6.10. The molecule has 2 nitrogen and oxygen atoms in total. The number of nitrogens with zero attached hydrogens (tertiary/aromatic N) is 2. The molecule has 0 bridgehead atoms. The first kappa shape index (κ1) is 13.1. The fourth-order valence-corrected chi connectivity index (χ4v) is 2.83. The molecule has 1 aromatic heterocycles. The largest absolute Gasteiger partial charge is 0.299 e. The van der Waals surface area contributed by atoms with Gasteiger partial charge in [-0.3, -0.25) is 4.90 Å². The van der Waals surface area contributed by atoms with Crippen LogP contribution in [0.25, 0.3) is 0 Å².